The number of benzene rings is 1. The van der Waals surface area contributed by atoms with Crippen molar-refractivity contribution in [2.24, 2.45) is 0 Å². The zero-order valence-electron chi connectivity index (χ0n) is 13.4. The topological polar surface area (TPSA) is 77.4 Å². The Morgan fingerprint density at radius 3 is 2.38 bits per heavy atom. The number of rotatable bonds is 4. The lowest BCUT2D eigenvalue weighted by molar-refractivity contribution is 0.162. The van der Waals surface area contributed by atoms with Gasteiger partial charge in [-0.15, -0.1) is 0 Å². The van der Waals surface area contributed by atoms with Crippen molar-refractivity contribution in [3.63, 3.8) is 0 Å². The molecule has 2 aromatic rings. The summed E-state index contributed by atoms with van der Waals surface area (Å²) >= 11 is 0. The number of sulfone groups is 1. The van der Waals surface area contributed by atoms with Crippen molar-refractivity contribution in [3.8, 4) is 11.4 Å². The Bertz CT molecular complexity index is 866. The largest absolute Gasteiger partial charge is 0.490 e. The van der Waals surface area contributed by atoms with Crippen molar-refractivity contribution in [1.29, 1.82) is 0 Å². The lowest BCUT2D eigenvalue weighted by Gasteiger charge is -2.23. The molecule has 0 amide bonds. The first kappa shape index (κ1) is 16.7. The predicted octanol–water partition coefficient (Wildman–Crippen LogP) is 1.37. The van der Waals surface area contributed by atoms with Crippen LogP contribution >= 0.6 is 0 Å². The smallest absolute Gasteiger partial charge is 0.258 e. The van der Waals surface area contributed by atoms with Crippen LogP contribution in [0.3, 0.4) is 0 Å². The van der Waals surface area contributed by atoms with Crippen LogP contribution in [0.15, 0.2) is 52.3 Å². The summed E-state index contributed by atoms with van der Waals surface area (Å²) in [7, 11) is -3.25. The van der Waals surface area contributed by atoms with Gasteiger partial charge in [0.2, 0.25) is 0 Å². The molecule has 0 aliphatic carbocycles. The van der Waals surface area contributed by atoms with Crippen LogP contribution in [-0.4, -0.2) is 38.4 Å². The van der Waals surface area contributed by atoms with Gasteiger partial charge in [-0.25, -0.2) is 8.42 Å². The molecule has 2 heterocycles. The van der Waals surface area contributed by atoms with Crippen molar-refractivity contribution in [2.75, 3.05) is 19.3 Å². The first-order valence-electron chi connectivity index (χ1n) is 7.84. The highest BCUT2D eigenvalue weighted by atomic mass is 32.2. The molecule has 0 bridgehead atoms. The van der Waals surface area contributed by atoms with Gasteiger partial charge >= 0.3 is 0 Å². The quantitative estimate of drug-likeness (QED) is 0.903. The molecule has 24 heavy (non-hydrogen) atoms. The third-order valence-corrected chi connectivity index (χ3v) is 5.15. The Hall–Kier alpha value is -2.12. The van der Waals surface area contributed by atoms with Crippen molar-refractivity contribution in [3.05, 3.63) is 52.9 Å². The molecule has 0 radical (unpaired) electrons. The first-order chi connectivity index (χ1) is 11.4. The van der Waals surface area contributed by atoms with Crippen LogP contribution < -0.4 is 15.6 Å². The molecule has 6 nitrogen and oxygen atoms in total. The molecule has 0 atom stereocenters. The second-order valence-corrected chi connectivity index (χ2v) is 7.92. The van der Waals surface area contributed by atoms with Gasteiger partial charge in [0.15, 0.2) is 9.84 Å². The van der Waals surface area contributed by atoms with E-state index in [9.17, 15) is 13.2 Å². The van der Waals surface area contributed by atoms with Crippen molar-refractivity contribution < 1.29 is 13.2 Å². The zero-order valence-corrected chi connectivity index (χ0v) is 14.3. The first-order valence-corrected chi connectivity index (χ1v) is 9.73. The molecule has 1 aliphatic rings. The Morgan fingerprint density at radius 1 is 1.12 bits per heavy atom. The Labute approximate surface area is 141 Å². The molecular weight excluding hydrogens is 328 g/mol. The molecule has 1 aromatic carbocycles. The Balaban J connectivity index is 1.80. The van der Waals surface area contributed by atoms with Gasteiger partial charge in [0, 0.05) is 24.2 Å². The number of nitrogens with one attached hydrogen (secondary N) is 1. The molecule has 1 saturated heterocycles. The maximum absolute atomic E-state index is 12.3. The summed E-state index contributed by atoms with van der Waals surface area (Å²) in [5, 5.41) is 3.27. The molecule has 7 heteroatoms. The SMILES string of the molecule is CS(=O)(=O)c1ccc(-n2ccc(OC3CCNCC3)cc2=O)cc1. The van der Waals surface area contributed by atoms with Crippen LogP contribution in [0.5, 0.6) is 5.75 Å². The van der Waals surface area contributed by atoms with Gasteiger partial charge in [-0.2, -0.15) is 0 Å². The summed E-state index contributed by atoms with van der Waals surface area (Å²) in [6.45, 7) is 1.85. The Morgan fingerprint density at radius 2 is 1.79 bits per heavy atom. The number of piperidine rings is 1. The summed E-state index contributed by atoms with van der Waals surface area (Å²) in [6, 6.07) is 9.45. The van der Waals surface area contributed by atoms with Gasteiger partial charge in [-0.3, -0.25) is 9.36 Å². The van der Waals surface area contributed by atoms with Crippen LogP contribution in [0.4, 0.5) is 0 Å². The minimum Gasteiger partial charge on any atom is -0.490 e. The van der Waals surface area contributed by atoms with Gasteiger partial charge in [-0.05, 0) is 56.3 Å². The fourth-order valence-electron chi connectivity index (χ4n) is 2.71. The average Bonchev–Trinajstić information content (AvgIpc) is 2.55. The van der Waals surface area contributed by atoms with Gasteiger partial charge in [0.05, 0.1) is 4.90 Å². The fourth-order valence-corrected chi connectivity index (χ4v) is 3.34. The molecule has 1 N–H and O–H groups in total. The summed E-state index contributed by atoms with van der Waals surface area (Å²) in [4.78, 5) is 12.5. The molecule has 0 spiro atoms. The summed E-state index contributed by atoms with van der Waals surface area (Å²) in [5.41, 5.74) is 0.398. The number of nitrogens with zero attached hydrogens (tertiary/aromatic N) is 1. The van der Waals surface area contributed by atoms with Crippen LogP contribution in [-0.2, 0) is 9.84 Å². The molecule has 1 aliphatic heterocycles. The zero-order chi connectivity index (χ0) is 17.2. The van der Waals surface area contributed by atoms with Crippen LogP contribution in [0.2, 0.25) is 0 Å². The van der Waals surface area contributed by atoms with Gasteiger partial charge in [0.25, 0.3) is 5.56 Å². The van der Waals surface area contributed by atoms with E-state index in [1.165, 1.54) is 22.8 Å². The summed E-state index contributed by atoms with van der Waals surface area (Å²) in [6.07, 6.45) is 4.79. The van der Waals surface area contributed by atoms with Gasteiger partial charge < -0.3 is 10.1 Å². The minimum absolute atomic E-state index is 0.135. The van der Waals surface area contributed by atoms with Crippen LogP contribution in [0.25, 0.3) is 5.69 Å². The van der Waals surface area contributed by atoms with E-state index in [4.69, 9.17) is 4.74 Å². The van der Waals surface area contributed by atoms with E-state index in [2.05, 4.69) is 5.32 Å². The second kappa shape index (κ2) is 6.78. The maximum atomic E-state index is 12.3. The second-order valence-electron chi connectivity index (χ2n) is 5.90. The van der Waals surface area contributed by atoms with E-state index in [0.717, 1.165) is 32.2 Å². The molecule has 3 rings (SSSR count). The van der Waals surface area contributed by atoms with Crippen LogP contribution in [0, 0.1) is 0 Å². The average molecular weight is 348 g/mol. The van der Waals surface area contributed by atoms with E-state index in [1.807, 2.05) is 0 Å². The Kier molecular flexibility index (Phi) is 4.73. The lowest BCUT2D eigenvalue weighted by Crippen LogP contribution is -2.34. The maximum Gasteiger partial charge on any atom is 0.258 e. The molecule has 128 valence electrons. The fraction of sp³-hybridized carbons (Fsp3) is 0.353. The third-order valence-electron chi connectivity index (χ3n) is 4.02. The van der Waals surface area contributed by atoms with Crippen molar-refractivity contribution in [2.45, 2.75) is 23.8 Å². The van der Waals surface area contributed by atoms with Gasteiger partial charge in [0.1, 0.15) is 11.9 Å². The van der Waals surface area contributed by atoms with E-state index in [-0.39, 0.29) is 16.6 Å². The highest BCUT2D eigenvalue weighted by Gasteiger charge is 2.15. The summed E-state index contributed by atoms with van der Waals surface area (Å²) < 4.78 is 30.3. The molecule has 1 fully saturated rings. The third kappa shape index (κ3) is 3.85. The van der Waals surface area contributed by atoms with E-state index < -0.39 is 9.84 Å². The predicted molar refractivity (Wildman–Crippen MR) is 91.7 cm³/mol. The number of ether oxygens (including phenoxy) is 1. The standard InChI is InChI=1S/C17H20N2O4S/c1-24(21,22)16-4-2-13(3-5-16)19-11-8-15(12-17(19)20)23-14-6-9-18-10-7-14/h2-5,8,11-12,14,18H,6-7,9-10H2,1H3. The number of pyridine rings is 1. The van der Waals surface area contributed by atoms with Crippen molar-refractivity contribution >= 4 is 9.84 Å². The van der Waals surface area contributed by atoms with E-state index in [1.54, 1.807) is 24.4 Å². The number of aromatic nitrogens is 1. The van der Waals surface area contributed by atoms with Gasteiger partial charge in [-0.1, -0.05) is 0 Å². The minimum atomic E-state index is -3.25. The van der Waals surface area contributed by atoms with Crippen LogP contribution in [0.1, 0.15) is 12.8 Å². The number of hydrogen-bond donors (Lipinski definition) is 1. The molecular formula is C17H20N2O4S. The number of hydrogen-bond acceptors (Lipinski definition) is 5. The lowest BCUT2D eigenvalue weighted by atomic mass is 10.1. The highest BCUT2D eigenvalue weighted by Crippen LogP contribution is 2.16. The molecule has 1 aromatic heterocycles. The van der Waals surface area contributed by atoms with E-state index >= 15 is 0 Å². The van der Waals surface area contributed by atoms with E-state index in [0.29, 0.717) is 11.4 Å². The molecule has 0 unspecified atom stereocenters. The normalized spacial score (nSPS) is 16.0. The molecule has 0 saturated carbocycles. The van der Waals surface area contributed by atoms with Crippen molar-refractivity contribution in [1.82, 2.24) is 9.88 Å². The monoisotopic (exact) mass is 348 g/mol. The highest BCUT2D eigenvalue weighted by molar-refractivity contribution is 7.90. The summed E-state index contributed by atoms with van der Waals surface area (Å²) in [5.74, 6) is 0.566.